The number of hydrogen-bond donors (Lipinski definition) is 2. The van der Waals surface area contributed by atoms with Crippen molar-refractivity contribution >= 4 is 15.6 Å². The van der Waals surface area contributed by atoms with Gasteiger partial charge in [-0.25, -0.2) is 8.42 Å². The summed E-state index contributed by atoms with van der Waals surface area (Å²) in [7, 11) is -3.87. The standard InChI is InChI=1S/C19H16F3NO3S/c20-19(21,22)15-8-6-14(7-9-15)17-10-13(12-24)11-18(17)23-27(25,26)16-4-2-1-3-5-16/h1-11,13,23-24H,12H2. The molecule has 0 bridgehead atoms. The Bertz CT molecular complexity index is 979. The molecule has 8 heteroatoms. The normalized spacial score (nSPS) is 17.4. The Labute approximate surface area is 154 Å². The van der Waals surface area contributed by atoms with Crippen LogP contribution in [0.25, 0.3) is 5.57 Å². The summed E-state index contributed by atoms with van der Waals surface area (Å²) in [5.74, 6) is -0.434. The number of alkyl halides is 3. The summed E-state index contributed by atoms with van der Waals surface area (Å²) >= 11 is 0. The van der Waals surface area contributed by atoms with Crippen LogP contribution in [0.15, 0.2) is 77.3 Å². The third-order valence-corrected chi connectivity index (χ3v) is 5.46. The smallest absolute Gasteiger partial charge is 0.395 e. The first-order valence-corrected chi connectivity index (χ1v) is 9.49. The van der Waals surface area contributed by atoms with Crippen LogP contribution in [0.1, 0.15) is 11.1 Å². The lowest BCUT2D eigenvalue weighted by Gasteiger charge is -2.14. The Hall–Kier alpha value is -2.58. The van der Waals surface area contributed by atoms with E-state index in [1.807, 2.05) is 0 Å². The van der Waals surface area contributed by atoms with Crippen molar-refractivity contribution in [3.05, 3.63) is 83.6 Å². The summed E-state index contributed by atoms with van der Waals surface area (Å²) in [6.45, 7) is -0.249. The van der Waals surface area contributed by atoms with Crippen molar-refractivity contribution < 1.29 is 26.7 Å². The van der Waals surface area contributed by atoms with Crippen LogP contribution in [0.3, 0.4) is 0 Å². The van der Waals surface area contributed by atoms with Crippen LogP contribution in [-0.2, 0) is 16.2 Å². The number of hydrogen-bond acceptors (Lipinski definition) is 3. The highest BCUT2D eigenvalue weighted by molar-refractivity contribution is 7.89. The molecule has 0 aromatic heterocycles. The van der Waals surface area contributed by atoms with E-state index in [2.05, 4.69) is 4.72 Å². The average Bonchev–Trinajstić information content (AvgIpc) is 3.04. The van der Waals surface area contributed by atoms with Crippen LogP contribution in [0, 0.1) is 5.92 Å². The van der Waals surface area contributed by atoms with Gasteiger partial charge in [-0.1, -0.05) is 42.5 Å². The lowest BCUT2D eigenvalue weighted by molar-refractivity contribution is -0.137. The van der Waals surface area contributed by atoms with Gasteiger partial charge in [-0.15, -0.1) is 0 Å². The fourth-order valence-corrected chi connectivity index (χ4v) is 3.84. The molecule has 0 amide bonds. The van der Waals surface area contributed by atoms with E-state index in [4.69, 9.17) is 0 Å². The number of benzene rings is 2. The van der Waals surface area contributed by atoms with Gasteiger partial charge >= 0.3 is 6.18 Å². The van der Waals surface area contributed by atoms with Crippen LogP contribution in [0.4, 0.5) is 13.2 Å². The van der Waals surface area contributed by atoms with Gasteiger partial charge in [0.25, 0.3) is 10.0 Å². The number of rotatable bonds is 5. The molecule has 1 aliphatic rings. The van der Waals surface area contributed by atoms with Gasteiger partial charge in [-0.05, 0) is 29.8 Å². The van der Waals surface area contributed by atoms with E-state index in [0.29, 0.717) is 11.1 Å². The maximum absolute atomic E-state index is 12.7. The van der Waals surface area contributed by atoms with Crippen LogP contribution in [-0.4, -0.2) is 20.1 Å². The molecule has 1 unspecified atom stereocenters. The number of sulfonamides is 1. The van der Waals surface area contributed by atoms with E-state index in [-0.39, 0.29) is 17.2 Å². The van der Waals surface area contributed by atoms with Gasteiger partial charge in [0.05, 0.1) is 22.8 Å². The topological polar surface area (TPSA) is 66.4 Å². The second-order valence-electron chi connectivity index (χ2n) is 6.00. The van der Waals surface area contributed by atoms with Crippen LogP contribution in [0.5, 0.6) is 0 Å². The van der Waals surface area contributed by atoms with Gasteiger partial charge in [0, 0.05) is 11.5 Å². The third-order valence-electron chi connectivity index (χ3n) is 4.08. The van der Waals surface area contributed by atoms with E-state index in [1.165, 1.54) is 30.3 Å². The Morgan fingerprint density at radius 1 is 0.963 bits per heavy atom. The number of nitrogens with one attached hydrogen (secondary N) is 1. The number of aliphatic hydroxyl groups is 1. The lowest BCUT2D eigenvalue weighted by atomic mass is 10.0. The molecule has 2 aromatic carbocycles. The molecule has 0 radical (unpaired) electrons. The maximum Gasteiger partial charge on any atom is 0.416 e. The summed E-state index contributed by atoms with van der Waals surface area (Å²) in [6.07, 6.45) is -1.30. The zero-order valence-corrected chi connectivity index (χ0v) is 14.8. The van der Waals surface area contributed by atoms with Gasteiger partial charge in [0.1, 0.15) is 0 Å². The number of allylic oxidation sites excluding steroid dienone is 1. The third kappa shape index (κ3) is 4.23. The fourth-order valence-electron chi connectivity index (χ4n) is 2.74. The molecule has 1 aliphatic carbocycles. The highest BCUT2D eigenvalue weighted by Crippen LogP contribution is 2.34. The summed E-state index contributed by atoms with van der Waals surface area (Å²) in [6, 6.07) is 12.1. The Morgan fingerprint density at radius 3 is 2.15 bits per heavy atom. The maximum atomic E-state index is 12.7. The first-order valence-electron chi connectivity index (χ1n) is 8.01. The molecule has 1 atom stereocenters. The van der Waals surface area contributed by atoms with Gasteiger partial charge in [0.15, 0.2) is 0 Å². The van der Waals surface area contributed by atoms with Crippen molar-refractivity contribution in [1.82, 2.24) is 4.72 Å². The number of aliphatic hydroxyl groups excluding tert-OH is 1. The van der Waals surface area contributed by atoms with E-state index < -0.39 is 27.7 Å². The zero-order valence-electron chi connectivity index (χ0n) is 13.9. The minimum atomic E-state index is -4.45. The molecule has 0 fully saturated rings. The van der Waals surface area contributed by atoms with Gasteiger partial charge in [-0.3, -0.25) is 4.72 Å². The minimum absolute atomic E-state index is 0.0603. The molecule has 27 heavy (non-hydrogen) atoms. The van der Waals surface area contributed by atoms with E-state index in [0.717, 1.165) is 12.1 Å². The van der Waals surface area contributed by atoms with E-state index in [9.17, 15) is 26.7 Å². The molecule has 3 rings (SSSR count). The van der Waals surface area contributed by atoms with Gasteiger partial charge in [-0.2, -0.15) is 13.2 Å². The summed E-state index contributed by atoms with van der Waals surface area (Å²) in [5, 5.41) is 9.40. The molecule has 0 spiro atoms. The predicted octanol–water partition coefficient (Wildman–Crippen LogP) is 3.57. The molecule has 0 aliphatic heterocycles. The van der Waals surface area contributed by atoms with Crippen molar-refractivity contribution in [3.63, 3.8) is 0 Å². The highest BCUT2D eigenvalue weighted by atomic mass is 32.2. The van der Waals surface area contributed by atoms with Crippen LogP contribution in [0.2, 0.25) is 0 Å². The molecular formula is C19H16F3NO3S. The van der Waals surface area contributed by atoms with E-state index in [1.54, 1.807) is 24.3 Å². The lowest BCUT2D eigenvalue weighted by Crippen LogP contribution is -2.23. The Kier molecular flexibility index (Phi) is 5.12. The summed E-state index contributed by atoms with van der Waals surface area (Å²) in [4.78, 5) is 0.0603. The first kappa shape index (κ1) is 19.2. The summed E-state index contributed by atoms with van der Waals surface area (Å²) in [5.41, 5.74) is 0.264. The summed E-state index contributed by atoms with van der Waals surface area (Å²) < 4.78 is 65.8. The Balaban J connectivity index is 1.92. The molecule has 4 nitrogen and oxygen atoms in total. The molecule has 0 saturated heterocycles. The van der Waals surface area contributed by atoms with Crippen molar-refractivity contribution in [2.24, 2.45) is 5.92 Å². The monoisotopic (exact) mass is 395 g/mol. The predicted molar refractivity (Wildman–Crippen MR) is 94.8 cm³/mol. The molecule has 2 aromatic rings. The largest absolute Gasteiger partial charge is 0.416 e. The first-order chi connectivity index (χ1) is 12.7. The van der Waals surface area contributed by atoms with Crippen molar-refractivity contribution in [2.75, 3.05) is 6.61 Å². The van der Waals surface area contributed by atoms with Crippen LogP contribution < -0.4 is 4.72 Å². The number of halogens is 3. The fraction of sp³-hybridized carbons (Fsp3) is 0.158. The van der Waals surface area contributed by atoms with Gasteiger partial charge in [0.2, 0.25) is 0 Å². The van der Waals surface area contributed by atoms with Crippen LogP contribution >= 0.6 is 0 Å². The minimum Gasteiger partial charge on any atom is -0.395 e. The zero-order chi connectivity index (χ0) is 19.7. The molecule has 0 heterocycles. The van der Waals surface area contributed by atoms with Crippen molar-refractivity contribution in [3.8, 4) is 0 Å². The molecule has 0 saturated carbocycles. The van der Waals surface area contributed by atoms with Crippen molar-refractivity contribution in [2.45, 2.75) is 11.1 Å². The SMILES string of the molecule is O=S(=O)(NC1=CC(CO)C=C1c1ccc(C(F)(F)F)cc1)c1ccccc1. The molecule has 2 N–H and O–H groups in total. The molecule has 142 valence electrons. The Morgan fingerprint density at radius 2 is 1.59 bits per heavy atom. The van der Waals surface area contributed by atoms with Gasteiger partial charge < -0.3 is 5.11 Å². The highest BCUT2D eigenvalue weighted by Gasteiger charge is 2.30. The van der Waals surface area contributed by atoms with Crippen molar-refractivity contribution in [1.29, 1.82) is 0 Å². The second-order valence-corrected chi connectivity index (χ2v) is 7.68. The van der Waals surface area contributed by atoms with E-state index >= 15 is 0 Å². The second kappa shape index (κ2) is 7.21. The average molecular weight is 395 g/mol. The quantitative estimate of drug-likeness (QED) is 0.813. The molecular weight excluding hydrogens is 379 g/mol.